The molecule has 2 aromatic carbocycles. The Bertz CT molecular complexity index is 1010. The van der Waals surface area contributed by atoms with Crippen LogP contribution in [0.4, 0.5) is 0 Å². The molecular weight excluding hydrogens is 278 g/mol. The van der Waals surface area contributed by atoms with Crippen LogP contribution in [0, 0.1) is 6.92 Å². The standard InChI is InChI=1S/C18H13NOS/c1-11-9-15(20)17-14-8-7-13(12-5-3-2-4-6-12)10-16(14)21-18(17)19-11/h2-10H,1H3,(H,19,20). The summed E-state index contributed by atoms with van der Waals surface area (Å²) in [5.41, 5.74) is 3.38. The number of aromatic nitrogens is 1. The van der Waals surface area contributed by atoms with Gasteiger partial charge in [-0.3, -0.25) is 4.79 Å². The first kappa shape index (κ1) is 12.4. The van der Waals surface area contributed by atoms with Crippen LogP contribution in [0.2, 0.25) is 0 Å². The van der Waals surface area contributed by atoms with Crippen molar-refractivity contribution in [3.63, 3.8) is 0 Å². The normalized spacial score (nSPS) is 11.3. The van der Waals surface area contributed by atoms with Crippen molar-refractivity contribution in [2.24, 2.45) is 0 Å². The number of hydrogen-bond acceptors (Lipinski definition) is 2. The maximum absolute atomic E-state index is 12.2. The maximum Gasteiger partial charge on any atom is 0.191 e. The molecule has 4 rings (SSSR count). The van der Waals surface area contributed by atoms with E-state index >= 15 is 0 Å². The molecule has 0 aliphatic rings. The van der Waals surface area contributed by atoms with Crippen molar-refractivity contribution in [2.75, 3.05) is 0 Å². The highest BCUT2D eigenvalue weighted by atomic mass is 32.1. The van der Waals surface area contributed by atoms with E-state index in [4.69, 9.17) is 0 Å². The van der Waals surface area contributed by atoms with Crippen molar-refractivity contribution in [2.45, 2.75) is 6.92 Å². The second kappa shape index (κ2) is 4.57. The summed E-state index contributed by atoms with van der Waals surface area (Å²) >= 11 is 1.64. The Hall–Kier alpha value is -2.39. The van der Waals surface area contributed by atoms with Crippen LogP contribution in [0.25, 0.3) is 31.4 Å². The van der Waals surface area contributed by atoms with E-state index in [-0.39, 0.29) is 5.43 Å². The molecule has 0 atom stereocenters. The minimum atomic E-state index is 0.0972. The number of thiophene rings is 1. The number of hydrogen-bond donors (Lipinski definition) is 1. The Labute approximate surface area is 125 Å². The van der Waals surface area contributed by atoms with E-state index in [0.717, 1.165) is 26.0 Å². The summed E-state index contributed by atoms with van der Waals surface area (Å²) in [6.07, 6.45) is 0. The molecule has 4 aromatic rings. The molecule has 0 saturated heterocycles. The molecule has 0 saturated carbocycles. The second-order valence-corrected chi connectivity index (χ2v) is 6.25. The predicted molar refractivity (Wildman–Crippen MR) is 90.1 cm³/mol. The van der Waals surface area contributed by atoms with Crippen LogP contribution in [0.1, 0.15) is 5.69 Å². The molecular formula is C18H13NOS. The smallest absolute Gasteiger partial charge is 0.191 e. The van der Waals surface area contributed by atoms with E-state index in [9.17, 15) is 4.79 Å². The van der Waals surface area contributed by atoms with Crippen LogP contribution in [-0.4, -0.2) is 4.98 Å². The molecule has 2 nitrogen and oxygen atoms in total. The van der Waals surface area contributed by atoms with Gasteiger partial charge < -0.3 is 4.98 Å². The molecule has 0 unspecified atom stereocenters. The van der Waals surface area contributed by atoms with Crippen molar-refractivity contribution < 1.29 is 0 Å². The van der Waals surface area contributed by atoms with Gasteiger partial charge in [0.15, 0.2) is 5.43 Å². The third kappa shape index (κ3) is 1.98. The molecule has 1 N–H and O–H groups in total. The minimum absolute atomic E-state index is 0.0972. The Balaban J connectivity index is 2.03. The van der Waals surface area contributed by atoms with Crippen molar-refractivity contribution in [1.82, 2.24) is 4.98 Å². The van der Waals surface area contributed by atoms with Gasteiger partial charge in [0.25, 0.3) is 0 Å². The van der Waals surface area contributed by atoms with Crippen LogP contribution < -0.4 is 5.43 Å². The van der Waals surface area contributed by atoms with Crippen LogP contribution in [0.15, 0.2) is 59.4 Å². The highest BCUT2D eigenvalue weighted by molar-refractivity contribution is 7.25. The number of pyridine rings is 1. The predicted octanol–water partition coefficient (Wildman–Crippen LogP) is 4.72. The van der Waals surface area contributed by atoms with Gasteiger partial charge in [0, 0.05) is 21.8 Å². The fourth-order valence-corrected chi connectivity index (χ4v) is 3.93. The quantitative estimate of drug-likeness (QED) is 0.541. The average Bonchev–Trinajstić information content (AvgIpc) is 2.85. The molecule has 102 valence electrons. The molecule has 0 bridgehead atoms. The summed E-state index contributed by atoms with van der Waals surface area (Å²) in [6.45, 7) is 1.92. The zero-order valence-corrected chi connectivity index (χ0v) is 12.3. The highest BCUT2D eigenvalue weighted by Gasteiger charge is 2.10. The van der Waals surface area contributed by atoms with Gasteiger partial charge in [-0.2, -0.15) is 0 Å². The van der Waals surface area contributed by atoms with E-state index in [1.807, 2.05) is 25.1 Å². The maximum atomic E-state index is 12.2. The number of aromatic amines is 1. The van der Waals surface area contributed by atoms with Gasteiger partial charge >= 0.3 is 0 Å². The lowest BCUT2D eigenvalue weighted by molar-refractivity contribution is 1.26. The van der Waals surface area contributed by atoms with E-state index in [1.165, 1.54) is 11.1 Å². The van der Waals surface area contributed by atoms with Crippen LogP contribution in [0.5, 0.6) is 0 Å². The number of H-pyrrole nitrogens is 1. The van der Waals surface area contributed by atoms with E-state index in [1.54, 1.807) is 17.4 Å². The molecule has 0 aliphatic heterocycles. The Kier molecular flexibility index (Phi) is 2.69. The molecule has 2 heterocycles. The van der Waals surface area contributed by atoms with Crippen molar-refractivity contribution >= 4 is 31.6 Å². The van der Waals surface area contributed by atoms with Gasteiger partial charge in [0.05, 0.1) is 5.39 Å². The van der Waals surface area contributed by atoms with E-state index < -0.39 is 0 Å². The van der Waals surface area contributed by atoms with Gasteiger partial charge in [-0.15, -0.1) is 11.3 Å². The van der Waals surface area contributed by atoms with Gasteiger partial charge in [-0.05, 0) is 24.1 Å². The molecule has 0 spiro atoms. The Morgan fingerprint density at radius 1 is 0.952 bits per heavy atom. The lowest BCUT2D eigenvalue weighted by Crippen LogP contribution is -2.00. The van der Waals surface area contributed by atoms with Crippen molar-refractivity contribution in [1.29, 1.82) is 0 Å². The highest BCUT2D eigenvalue weighted by Crippen LogP contribution is 2.33. The Morgan fingerprint density at radius 3 is 2.57 bits per heavy atom. The first-order valence-electron chi connectivity index (χ1n) is 6.84. The molecule has 3 heteroatoms. The van der Waals surface area contributed by atoms with Gasteiger partial charge in [-0.25, -0.2) is 0 Å². The molecule has 0 radical (unpaired) electrons. The summed E-state index contributed by atoms with van der Waals surface area (Å²) < 4.78 is 1.14. The zero-order valence-electron chi connectivity index (χ0n) is 11.5. The monoisotopic (exact) mass is 291 g/mol. The number of fused-ring (bicyclic) bond motifs is 3. The second-order valence-electron chi connectivity index (χ2n) is 5.20. The third-order valence-corrected chi connectivity index (χ3v) is 4.77. The lowest BCUT2D eigenvalue weighted by atomic mass is 10.0. The summed E-state index contributed by atoms with van der Waals surface area (Å²) in [6, 6.07) is 18.3. The van der Waals surface area contributed by atoms with E-state index in [0.29, 0.717) is 0 Å². The molecule has 21 heavy (non-hydrogen) atoms. The van der Waals surface area contributed by atoms with Gasteiger partial charge in [-0.1, -0.05) is 42.5 Å². The van der Waals surface area contributed by atoms with Crippen molar-refractivity contribution in [3.05, 3.63) is 70.5 Å². The minimum Gasteiger partial charge on any atom is -0.350 e. The number of rotatable bonds is 1. The SMILES string of the molecule is Cc1cc(=O)c2c([nH]1)sc1cc(-c3ccccc3)ccc12. The molecule has 0 amide bonds. The number of benzene rings is 2. The van der Waals surface area contributed by atoms with Crippen molar-refractivity contribution in [3.8, 4) is 11.1 Å². The summed E-state index contributed by atoms with van der Waals surface area (Å²) in [4.78, 5) is 16.5. The molecule has 0 aliphatic carbocycles. The first-order valence-corrected chi connectivity index (χ1v) is 7.65. The topological polar surface area (TPSA) is 32.9 Å². The lowest BCUT2D eigenvalue weighted by Gasteiger charge is -2.01. The fourth-order valence-electron chi connectivity index (χ4n) is 2.72. The largest absolute Gasteiger partial charge is 0.350 e. The molecule has 2 aromatic heterocycles. The number of nitrogens with one attached hydrogen (secondary N) is 1. The zero-order chi connectivity index (χ0) is 14.4. The van der Waals surface area contributed by atoms with Crippen LogP contribution >= 0.6 is 11.3 Å². The first-order chi connectivity index (χ1) is 10.2. The Morgan fingerprint density at radius 2 is 1.76 bits per heavy atom. The molecule has 0 fully saturated rings. The fraction of sp³-hybridized carbons (Fsp3) is 0.0556. The third-order valence-electron chi connectivity index (χ3n) is 3.70. The van der Waals surface area contributed by atoms with Gasteiger partial charge in [0.2, 0.25) is 0 Å². The van der Waals surface area contributed by atoms with Crippen LogP contribution in [-0.2, 0) is 0 Å². The van der Waals surface area contributed by atoms with Crippen LogP contribution in [0.3, 0.4) is 0 Å². The summed E-state index contributed by atoms with van der Waals surface area (Å²) in [5.74, 6) is 0. The van der Waals surface area contributed by atoms with E-state index in [2.05, 4.69) is 35.3 Å². The summed E-state index contributed by atoms with van der Waals surface area (Å²) in [5, 5.41) is 1.84. The van der Waals surface area contributed by atoms with Gasteiger partial charge in [0.1, 0.15) is 4.83 Å². The number of aryl methyl sites for hydroxylation is 1. The summed E-state index contributed by atoms with van der Waals surface area (Å²) in [7, 11) is 0. The average molecular weight is 291 g/mol.